The number of benzene rings is 1. The molecule has 29 heavy (non-hydrogen) atoms. The highest BCUT2D eigenvalue weighted by Gasteiger charge is 2.30. The number of carbonyl (C=O) groups is 3. The Morgan fingerprint density at radius 3 is 2.66 bits per heavy atom. The van der Waals surface area contributed by atoms with Crippen LogP contribution in [-0.4, -0.2) is 41.8 Å². The zero-order valence-electron chi connectivity index (χ0n) is 15.9. The molecule has 8 nitrogen and oxygen atoms in total. The number of hydrogen-bond donors (Lipinski definition) is 2. The lowest BCUT2D eigenvalue weighted by atomic mass is 9.97. The van der Waals surface area contributed by atoms with Gasteiger partial charge in [0.25, 0.3) is 11.8 Å². The van der Waals surface area contributed by atoms with E-state index in [2.05, 4.69) is 10.9 Å². The first-order chi connectivity index (χ1) is 13.9. The molecule has 2 N–H and O–H groups in total. The van der Waals surface area contributed by atoms with Crippen LogP contribution in [0.2, 0.25) is 0 Å². The fraction of sp³-hybridized carbons (Fsp3) is 0.350. The van der Waals surface area contributed by atoms with Gasteiger partial charge in [0, 0.05) is 13.1 Å². The summed E-state index contributed by atoms with van der Waals surface area (Å²) in [5, 5.41) is 0. The zero-order valence-corrected chi connectivity index (χ0v) is 15.9. The molecule has 1 aromatic heterocycles. The van der Waals surface area contributed by atoms with Crippen molar-refractivity contribution in [2.45, 2.75) is 25.9 Å². The Balaban J connectivity index is 1.47. The maximum Gasteiger partial charge on any atom is 0.289 e. The minimum absolute atomic E-state index is 0.228. The van der Waals surface area contributed by atoms with Gasteiger partial charge in [-0.25, -0.2) is 4.39 Å². The van der Waals surface area contributed by atoms with Crippen molar-refractivity contribution in [3.63, 3.8) is 0 Å². The quantitative estimate of drug-likeness (QED) is 0.743. The summed E-state index contributed by atoms with van der Waals surface area (Å²) in [7, 11) is 0. The van der Waals surface area contributed by atoms with Crippen LogP contribution in [0.5, 0.6) is 5.75 Å². The molecule has 9 heteroatoms. The molecule has 0 saturated carbocycles. The van der Waals surface area contributed by atoms with E-state index in [4.69, 9.17) is 9.15 Å². The Morgan fingerprint density at radius 1 is 1.21 bits per heavy atom. The van der Waals surface area contributed by atoms with Crippen molar-refractivity contribution < 1.29 is 27.9 Å². The largest absolute Gasteiger partial charge is 0.481 e. The summed E-state index contributed by atoms with van der Waals surface area (Å²) in [6, 6.07) is 8.47. The van der Waals surface area contributed by atoms with Gasteiger partial charge in [-0.3, -0.25) is 25.2 Å². The second-order valence-corrected chi connectivity index (χ2v) is 6.76. The molecule has 2 atom stereocenters. The number of nitrogens with one attached hydrogen (secondary N) is 2. The van der Waals surface area contributed by atoms with Crippen LogP contribution >= 0.6 is 0 Å². The molecule has 1 fully saturated rings. The van der Waals surface area contributed by atoms with Crippen LogP contribution in [0.15, 0.2) is 47.1 Å². The number of halogens is 1. The van der Waals surface area contributed by atoms with E-state index < -0.39 is 23.7 Å². The van der Waals surface area contributed by atoms with Gasteiger partial charge in [0.05, 0.1) is 12.2 Å². The number of piperidine rings is 1. The van der Waals surface area contributed by atoms with E-state index in [1.165, 1.54) is 37.5 Å². The third-order valence-corrected chi connectivity index (χ3v) is 4.62. The molecule has 3 rings (SSSR count). The average Bonchev–Trinajstić information content (AvgIpc) is 3.27. The summed E-state index contributed by atoms with van der Waals surface area (Å²) in [5.74, 6) is -1.50. The van der Waals surface area contributed by atoms with E-state index in [9.17, 15) is 18.8 Å². The highest BCUT2D eigenvalue weighted by atomic mass is 19.1. The number of nitrogens with zero attached hydrogens (tertiary/aromatic N) is 1. The van der Waals surface area contributed by atoms with E-state index in [1.54, 1.807) is 17.0 Å². The Kier molecular flexibility index (Phi) is 6.48. The first kappa shape index (κ1) is 20.4. The third kappa shape index (κ3) is 5.34. The molecule has 0 bridgehead atoms. The van der Waals surface area contributed by atoms with Crippen molar-refractivity contribution in [3.05, 3.63) is 54.2 Å². The zero-order chi connectivity index (χ0) is 20.8. The Bertz CT molecular complexity index is 854. The number of carbonyl (C=O) groups excluding carboxylic acids is 3. The minimum Gasteiger partial charge on any atom is -0.481 e. The number of amides is 3. The highest BCUT2D eigenvalue weighted by Crippen LogP contribution is 2.19. The molecule has 1 aromatic carbocycles. The van der Waals surface area contributed by atoms with Crippen molar-refractivity contribution in [2.75, 3.05) is 13.1 Å². The van der Waals surface area contributed by atoms with Gasteiger partial charge in [-0.15, -0.1) is 0 Å². The van der Waals surface area contributed by atoms with E-state index >= 15 is 0 Å². The van der Waals surface area contributed by atoms with Gasteiger partial charge in [0.1, 0.15) is 11.6 Å². The number of hydrazine groups is 1. The van der Waals surface area contributed by atoms with Crippen LogP contribution in [-0.2, 0) is 9.59 Å². The third-order valence-electron chi connectivity index (χ3n) is 4.62. The summed E-state index contributed by atoms with van der Waals surface area (Å²) in [4.78, 5) is 38.5. The van der Waals surface area contributed by atoms with Crippen LogP contribution in [0.1, 0.15) is 30.3 Å². The summed E-state index contributed by atoms with van der Waals surface area (Å²) >= 11 is 0. The molecule has 3 amide bonds. The van der Waals surface area contributed by atoms with Crippen molar-refractivity contribution in [1.29, 1.82) is 0 Å². The Hall–Kier alpha value is -3.36. The van der Waals surface area contributed by atoms with Gasteiger partial charge in [-0.2, -0.15) is 0 Å². The lowest BCUT2D eigenvalue weighted by Crippen LogP contribution is -2.52. The molecule has 1 saturated heterocycles. The first-order valence-corrected chi connectivity index (χ1v) is 9.28. The summed E-state index contributed by atoms with van der Waals surface area (Å²) in [6.07, 6.45) is 1.80. The Morgan fingerprint density at radius 2 is 1.97 bits per heavy atom. The van der Waals surface area contributed by atoms with Gasteiger partial charge >= 0.3 is 0 Å². The fourth-order valence-corrected chi connectivity index (χ4v) is 3.03. The lowest BCUT2D eigenvalue weighted by Gasteiger charge is -2.31. The summed E-state index contributed by atoms with van der Waals surface area (Å²) < 4.78 is 23.4. The average molecular weight is 403 g/mol. The topological polar surface area (TPSA) is 101 Å². The molecule has 154 valence electrons. The van der Waals surface area contributed by atoms with E-state index in [0.717, 1.165) is 0 Å². The second kappa shape index (κ2) is 9.22. The molecule has 1 aliphatic heterocycles. The predicted molar refractivity (Wildman–Crippen MR) is 100 cm³/mol. The fourth-order valence-electron chi connectivity index (χ4n) is 3.03. The number of furan rings is 1. The Labute approximate surface area is 167 Å². The molecule has 0 radical (unpaired) electrons. The molecular weight excluding hydrogens is 381 g/mol. The molecular formula is C20H22FN3O5. The van der Waals surface area contributed by atoms with Crippen molar-refractivity contribution in [3.8, 4) is 5.75 Å². The normalized spacial score (nSPS) is 17.3. The predicted octanol–water partition coefficient (Wildman–Crippen LogP) is 1.89. The maximum absolute atomic E-state index is 12.9. The standard InChI is InChI=1S/C20H22FN3O5/c1-13(29-16-8-6-15(21)7-9-16)18(25)22-23-19(26)14-4-2-10-24(12-14)20(27)17-5-3-11-28-17/h3,5-9,11,13-14H,2,4,10,12H2,1H3,(H,22,25)(H,23,26)/t13-,14-/m1/s1. The van der Waals surface area contributed by atoms with Gasteiger partial charge in [-0.1, -0.05) is 0 Å². The van der Waals surface area contributed by atoms with Crippen LogP contribution < -0.4 is 15.6 Å². The van der Waals surface area contributed by atoms with Gasteiger partial charge in [-0.05, 0) is 56.2 Å². The SMILES string of the molecule is C[C@@H](Oc1ccc(F)cc1)C(=O)NNC(=O)[C@@H]1CCCN(C(=O)c2ccco2)C1. The first-order valence-electron chi connectivity index (χ1n) is 9.28. The van der Waals surface area contributed by atoms with Crippen LogP contribution in [0.25, 0.3) is 0 Å². The molecule has 2 aromatic rings. The smallest absolute Gasteiger partial charge is 0.289 e. The molecule has 0 aliphatic carbocycles. The molecule has 2 heterocycles. The second-order valence-electron chi connectivity index (χ2n) is 6.76. The minimum atomic E-state index is -0.899. The monoisotopic (exact) mass is 403 g/mol. The molecule has 0 spiro atoms. The van der Waals surface area contributed by atoms with Crippen molar-refractivity contribution >= 4 is 17.7 Å². The van der Waals surface area contributed by atoms with Gasteiger partial charge in [0.2, 0.25) is 5.91 Å². The van der Waals surface area contributed by atoms with Crippen molar-refractivity contribution in [1.82, 2.24) is 15.8 Å². The lowest BCUT2D eigenvalue weighted by molar-refractivity contribution is -0.135. The van der Waals surface area contributed by atoms with Crippen LogP contribution in [0, 0.1) is 11.7 Å². The van der Waals surface area contributed by atoms with E-state index in [0.29, 0.717) is 25.1 Å². The molecule has 0 unspecified atom stereocenters. The van der Waals surface area contributed by atoms with Crippen LogP contribution in [0.3, 0.4) is 0 Å². The van der Waals surface area contributed by atoms with Crippen LogP contribution in [0.4, 0.5) is 4.39 Å². The number of rotatable bonds is 5. The summed E-state index contributed by atoms with van der Waals surface area (Å²) in [6.45, 7) is 2.29. The number of likely N-dealkylation sites (tertiary alicyclic amines) is 1. The van der Waals surface area contributed by atoms with E-state index in [-0.39, 0.29) is 24.1 Å². The van der Waals surface area contributed by atoms with Crippen molar-refractivity contribution in [2.24, 2.45) is 5.92 Å². The number of hydrogen-bond acceptors (Lipinski definition) is 5. The van der Waals surface area contributed by atoms with Gasteiger partial charge in [0.15, 0.2) is 11.9 Å². The van der Waals surface area contributed by atoms with Gasteiger partial charge < -0.3 is 14.1 Å². The highest BCUT2D eigenvalue weighted by molar-refractivity contribution is 5.92. The maximum atomic E-state index is 12.9. The summed E-state index contributed by atoms with van der Waals surface area (Å²) in [5.41, 5.74) is 4.71. The van der Waals surface area contributed by atoms with E-state index in [1.807, 2.05) is 0 Å². The number of ether oxygens (including phenoxy) is 1. The molecule has 1 aliphatic rings.